The van der Waals surface area contributed by atoms with E-state index in [9.17, 15) is 9.59 Å². The fourth-order valence-electron chi connectivity index (χ4n) is 2.00. The van der Waals surface area contributed by atoms with Gasteiger partial charge in [-0.3, -0.25) is 0 Å². The molecule has 5 heteroatoms. The Morgan fingerprint density at radius 3 is 2.70 bits per heavy atom. The molecule has 23 heavy (non-hydrogen) atoms. The molecule has 0 amide bonds. The molecule has 0 aromatic heterocycles. The van der Waals surface area contributed by atoms with Crippen LogP contribution >= 0.6 is 0 Å². The zero-order valence-corrected chi connectivity index (χ0v) is 12.7. The van der Waals surface area contributed by atoms with E-state index in [0.29, 0.717) is 6.54 Å². The molecule has 0 saturated heterocycles. The third-order valence-electron chi connectivity index (χ3n) is 3.09. The number of allylic oxidation sites excluding steroid dienone is 2. The molecule has 0 atom stereocenters. The summed E-state index contributed by atoms with van der Waals surface area (Å²) in [5.41, 5.74) is 3.67. The Bertz CT molecular complexity index is 744. The Morgan fingerprint density at radius 1 is 1.13 bits per heavy atom. The molecule has 117 valence electrons. The van der Waals surface area contributed by atoms with Gasteiger partial charge in [0.2, 0.25) is 0 Å². The molecule has 0 heterocycles. The van der Waals surface area contributed by atoms with Crippen molar-refractivity contribution in [3.63, 3.8) is 0 Å². The van der Waals surface area contributed by atoms with E-state index in [2.05, 4.69) is 10.2 Å². The van der Waals surface area contributed by atoms with E-state index in [-0.39, 0.29) is 0 Å². The summed E-state index contributed by atoms with van der Waals surface area (Å²) in [6, 6.07) is 13.9. The zero-order chi connectivity index (χ0) is 16.5. The number of nitrogens with one attached hydrogen (secondary N) is 1. The first kappa shape index (κ1) is 16.5. The van der Waals surface area contributed by atoms with Crippen LogP contribution in [0.25, 0.3) is 10.8 Å². The van der Waals surface area contributed by atoms with Crippen LogP contribution in [-0.4, -0.2) is 19.0 Å². The smallest absolute Gasteiger partial charge is 0.367 e. The van der Waals surface area contributed by atoms with Crippen molar-refractivity contribution in [2.45, 2.75) is 6.54 Å². The molecule has 0 saturated carbocycles. The van der Waals surface area contributed by atoms with Gasteiger partial charge in [-0.1, -0.05) is 48.5 Å². The van der Waals surface area contributed by atoms with Crippen molar-refractivity contribution < 1.29 is 19.2 Å². The number of hydrogen-bond donors (Lipinski definition) is 1. The summed E-state index contributed by atoms with van der Waals surface area (Å²) >= 11 is 0. The van der Waals surface area contributed by atoms with Gasteiger partial charge in [-0.05, 0) is 22.4 Å². The third-order valence-corrected chi connectivity index (χ3v) is 3.09. The summed E-state index contributed by atoms with van der Waals surface area (Å²) < 4.78 is 4.42. The highest BCUT2D eigenvalue weighted by Gasteiger charge is 2.05. The first-order valence-corrected chi connectivity index (χ1v) is 7.03. The van der Waals surface area contributed by atoms with Crippen LogP contribution in [0.4, 0.5) is 0 Å². The molecule has 5 nitrogen and oxygen atoms in total. The summed E-state index contributed by atoms with van der Waals surface area (Å²) in [5, 5.41) is 2.24. The van der Waals surface area contributed by atoms with Crippen LogP contribution in [0, 0.1) is 0 Å². The molecule has 2 aromatic carbocycles. The van der Waals surface area contributed by atoms with Gasteiger partial charge in [-0.25, -0.2) is 4.79 Å². The zero-order valence-electron chi connectivity index (χ0n) is 12.7. The Balaban J connectivity index is 1.84. The number of fused-ring (bicyclic) bond motifs is 1. The number of hydrogen-bond acceptors (Lipinski definition) is 5. The van der Waals surface area contributed by atoms with Crippen LogP contribution in [0.1, 0.15) is 5.56 Å². The molecule has 0 fully saturated rings. The number of carbonyl (C=O) groups is 2. The summed E-state index contributed by atoms with van der Waals surface area (Å²) in [4.78, 5) is 27.2. The van der Waals surface area contributed by atoms with Crippen LogP contribution in [0.5, 0.6) is 0 Å². The Hall–Kier alpha value is -2.92. The average molecular weight is 311 g/mol. The third kappa shape index (κ3) is 5.09. The van der Waals surface area contributed by atoms with Gasteiger partial charge in [0.15, 0.2) is 7.11 Å². The van der Waals surface area contributed by atoms with Crippen LogP contribution in [0.15, 0.2) is 66.8 Å². The van der Waals surface area contributed by atoms with Gasteiger partial charge >= 0.3 is 11.9 Å². The maximum absolute atomic E-state index is 11.5. The van der Waals surface area contributed by atoms with Gasteiger partial charge < -0.3 is 9.57 Å². The Labute approximate surface area is 134 Å². The van der Waals surface area contributed by atoms with Crippen LogP contribution in [0.2, 0.25) is 0 Å². The normalized spacial score (nSPS) is 11.2. The van der Waals surface area contributed by atoms with Gasteiger partial charge in [0, 0.05) is 6.08 Å². The first-order chi connectivity index (χ1) is 11.2. The van der Waals surface area contributed by atoms with Crippen molar-refractivity contribution in [2.24, 2.45) is 0 Å². The van der Waals surface area contributed by atoms with Gasteiger partial charge in [-0.2, -0.15) is 0 Å². The fraction of sp³-hybridized carbons (Fsp3) is 0.111. The van der Waals surface area contributed by atoms with Gasteiger partial charge in [0.05, 0.1) is 17.4 Å². The second kappa shape index (κ2) is 8.51. The lowest BCUT2D eigenvalue weighted by molar-refractivity contribution is -0.145. The standard InChI is InChI=1S/C18H17NO4/c1-22-17(20)11-4-5-12-18(21)23-19-13-15-9-6-8-14-7-2-3-10-16(14)15/h2-12,19H,13H2,1H3/q+1/b11-4+,12-5+. The topological polar surface area (TPSA) is 67.5 Å². The lowest BCUT2D eigenvalue weighted by atomic mass is 10.1. The summed E-state index contributed by atoms with van der Waals surface area (Å²) in [7, 11) is 1.28. The number of benzene rings is 2. The van der Waals surface area contributed by atoms with Crippen molar-refractivity contribution in [1.29, 1.82) is 0 Å². The lowest BCUT2D eigenvalue weighted by Gasteiger charge is -2.07. The Kier molecular flexibility index (Phi) is 6.08. The monoisotopic (exact) mass is 311 g/mol. The van der Waals surface area contributed by atoms with Gasteiger partial charge in [0.25, 0.3) is 0 Å². The molecular formula is C18H17NO4+. The van der Waals surface area contributed by atoms with Gasteiger partial charge in [-0.15, -0.1) is 5.48 Å². The van der Waals surface area contributed by atoms with Gasteiger partial charge in [0.1, 0.15) is 0 Å². The molecule has 2 rings (SSSR count). The molecule has 0 aliphatic rings. The van der Waals surface area contributed by atoms with Crippen LogP contribution < -0.4 is 5.48 Å². The van der Waals surface area contributed by atoms with Crippen molar-refractivity contribution in [3.05, 3.63) is 72.3 Å². The van der Waals surface area contributed by atoms with E-state index >= 15 is 0 Å². The SMILES string of the molecule is COC(=[O+])/C=C/C=C/C(=O)ONCc1cccc2ccccc12. The molecule has 0 spiro atoms. The number of rotatable bonds is 6. The van der Waals surface area contributed by atoms with E-state index in [4.69, 9.17) is 4.84 Å². The molecule has 1 radical (unpaired) electrons. The summed E-state index contributed by atoms with van der Waals surface area (Å²) in [5.74, 6) is -1.04. The lowest BCUT2D eigenvalue weighted by Crippen LogP contribution is -2.18. The van der Waals surface area contributed by atoms with Crippen molar-refractivity contribution in [3.8, 4) is 0 Å². The highest BCUT2D eigenvalue weighted by molar-refractivity contribution is 5.86. The summed E-state index contributed by atoms with van der Waals surface area (Å²) in [6.07, 6.45) is 5.21. The minimum Gasteiger partial charge on any atom is -0.367 e. The van der Waals surface area contributed by atoms with E-state index in [1.165, 1.54) is 31.4 Å². The molecular weight excluding hydrogens is 294 g/mol. The quantitative estimate of drug-likeness (QED) is 0.292. The predicted octanol–water partition coefficient (Wildman–Crippen LogP) is 2.67. The molecule has 0 aliphatic heterocycles. The van der Waals surface area contributed by atoms with E-state index in [1.54, 1.807) is 0 Å². The number of esters is 1. The molecule has 2 aromatic rings. The van der Waals surface area contributed by atoms with Crippen molar-refractivity contribution in [2.75, 3.05) is 7.11 Å². The second-order valence-electron chi connectivity index (χ2n) is 4.62. The number of methoxy groups -OCH3 is 1. The van der Waals surface area contributed by atoms with E-state index < -0.39 is 11.9 Å². The minimum absolute atomic E-state index is 0.402. The molecule has 0 bridgehead atoms. The molecule has 0 aliphatic carbocycles. The highest BCUT2D eigenvalue weighted by Crippen LogP contribution is 2.18. The highest BCUT2D eigenvalue weighted by atomic mass is 16.7. The van der Waals surface area contributed by atoms with Crippen LogP contribution in [-0.2, 0) is 25.7 Å². The average Bonchev–Trinajstić information content (AvgIpc) is 2.58. The largest absolute Gasteiger partial charge is 0.599 e. The van der Waals surface area contributed by atoms with Crippen molar-refractivity contribution >= 4 is 22.7 Å². The summed E-state index contributed by atoms with van der Waals surface area (Å²) in [6.45, 7) is 0.402. The second-order valence-corrected chi connectivity index (χ2v) is 4.62. The Morgan fingerprint density at radius 2 is 1.87 bits per heavy atom. The van der Waals surface area contributed by atoms with Crippen LogP contribution in [0.3, 0.4) is 0 Å². The number of ether oxygens (including phenoxy) is 1. The van der Waals surface area contributed by atoms with E-state index in [0.717, 1.165) is 16.3 Å². The number of carbonyl (C=O) groups excluding carboxylic acids is 2. The predicted molar refractivity (Wildman–Crippen MR) is 87.2 cm³/mol. The number of hydroxylamine groups is 1. The van der Waals surface area contributed by atoms with E-state index in [1.807, 2.05) is 42.5 Å². The molecule has 0 unspecified atom stereocenters. The fourth-order valence-corrected chi connectivity index (χ4v) is 2.00. The van der Waals surface area contributed by atoms with Crippen molar-refractivity contribution in [1.82, 2.24) is 5.48 Å². The minimum atomic E-state index is -0.556. The molecule has 1 N–H and O–H groups in total. The maximum Gasteiger partial charge on any atom is 0.599 e. The first-order valence-electron chi connectivity index (χ1n) is 7.03. The maximum atomic E-state index is 11.5.